The molecular weight excluding hydrogens is 376 g/mol. The molecule has 0 bridgehead atoms. The van der Waals surface area contributed by atoms with Gasteiger partial charge in [0.25, 0.3) is 11.8 Å². The van der Waals surface area contributed by atoms with E-state index in [2.05, 4.69) is 35.8 Å². The van der Waals surface area contributed by atoms with Crippen molar-refractivity contribution in [1.82, 2.24) is 4.90 Å². The average Bonchev–Trinajstić information content (AvgIpc) is 3.06. The Morgan fingerprint density at radius 1 is 0.933 bits per heavy atom. The van der Waals surface area contributed by atoms with Crippen LogP contribution in [0.2, 0.25) is 0 Å². The van der Waals surface area contributed by atoms with Gasteiger partial charge in [-0.05, 0) is 57.0 Å². The summed E-state index contributed by atoms with van der Waals surface area (Å²) in [4.78, 5) is 31.3. The Kier molecular flexibility index (Phi) is 6.41. The van der Waals surface area contributed by atoms with Crippen LogP contribution in [0.5, 0.6) is 0 Å². The van der Waals surface area contributed by atoms with Gasteiger partial charge in [-0.2, -0.15) is 5.26 Å². The van der Waals surface area contributed by atoms with Crippen LogP contribution in [0.1, 0.15) is 40.5 Å². The van der Waals surface area contributed by atoms with E-state index in [1.165, 1.54) is 4.90 Å². The number of benzene rings is 1. The number of amides is 2. The van der Waals surface area contributed by atoms with Gasteiger partial charge in [-0.15, -0.1) is 0 Å². The van der Waals surface area contributed by atoms with E-state index in [-0.39, 0.29) is 11.5 Å². The number of carbonyl (C=O) groups excluding carboxylic acids is 2. The highest BCUT2D eigenvalue weighted by molar-refractivity contribution is 6.18. The zero-order valence-corrected chi connectivity index (χ0v) is 18.1. The molecule has 0 aliphatic carbocycles. The summed E-state index contributed by atoms with van der Waals surface area (Å²) < 4.78 is 0. The Bertz CT molecular complexity index is 964. The van der Waals surface area contributed by atoms with Gasteiger partial charge in [0.1, 0.15) is 17.5 Å². The maximum Gasteiger partial charge on any atom is 0.271 e. The third kappa shape index (κ3) is 3.52. The van der Waals surface area contributed by atoms with Crippen LogP contribution < -0.4 is 9.80 Å². The number of allylic oxidation sites excluding steroid dienone is 2. The summed E-state index contributed by atoms with van der Waals surface area (Å²) in [5, 5.41) is 9.51. The van der Waals surface area contributed by atoms with Crippen molar-refractivity contribution in [1.29, 1.82) is 5.26 Å². The first kappa shape index (κ1) is 21.4. The highest BCUT2D eigenvalue weighted by atomic mass is 16.2. The first-order valence-electron chi connectivity index (χ1n) is 10.5. The summed E-state index contributed by atoms with van der Waals surface area (Å²) in [6, 6.07) is 10.2. The Labute approximate surface area is 178 Å². The second-order valence-electron chi connectivity index (χ2n) is 7.31. The lowest BCUT2D eigenvalue weighted by Gasteiger charge is -2.27. The molecule has 30 heavy (non-hydrogen) atoms. The second kappa shape index (κ2) is 9.00. The Hall–Kier alpha value is -3.33. The van der Waals surface area contributed by atoms with Crippen molar-refractivity contribution in [2.45, 2.75) is 40.5 Å². The minimum Gasteiger partial charge on any atom is -0.326 e. The normalized spacial score (nSPS) is 17.8. The molecule has 0 aromatic heterocycles. The third-order valence-corrected chi connectivity index (χ3v) is 5.61. The number of nitrogens with zero attached hydrogens (tertiary/aromatic N) is 4. The summed E-state index contributed by atoms with van der Waals surface area (Å²) in [6.07, 6.45) is 5.26. The molecule has 156 valence electrons. The van der Waals surface area contributed by atoms with Crippen molar-refractivity contribution in [3.63, 3.8) is 0 Å². The maximum atomic E-state index is 13.1. The lowest BCUT2D eigenvalue weighted by Crippen LogP contribution is -2.43. The number of imide groups is 1. The van der Waals surface area contributed by atoms with E-state index >= 15 is 0 Å². The summed E-state index contributed by atoms with van der Waals surface area (Å²) >= 11 is 0. The Morgan fingerprint density at radius 2 is 1.53 bits per heavy atom. The van der Waals surface area contributed by atoms with Gasteiger partial charge in [-0.25, -0.2) is 0 Å². The number of unbranched alkanes of at least 4 members (excludes halogenated alkanes) is 1. The molecule has 0 radical (unpaired) electrons. The van der Waals surface area contributed by atoms with E-state index < -0.39 is 5.91 Å². The molecule has 0 saturated carbocycles. The smallest absolute Gasteiger partial charge is 0.271 e. The van der Waals surface area contributed by atoms with E-state index in [9.17, 15) is 14.9 Å². The molecule has 0 spiro atoms. The number of hydrogen-bond acceptors (Lipinski definition) is 5. The standard InChI is InChI=1S/C24H28N4O2/c1-5-8-15-28-23(29)18(17(4)19(16-25)24(28)30)13-14-22-26(6-2)20-11-9-10-12-21(20)27(22)7-3/h9-14H,5-8,15H2,1-4H3/b18-13-. The zero-order valence-electron chi connectivity index (χ0n) is 18.1. The van der Waals surface area contributed by atoms with Gasteiger partial charge in [-0.3, -0.25) is 14.5 Å². The fraction of sp³-hybridized carbons (Fsp3) is 0.375. The largest absolute Gasteiger partial charge is 0.326 e. The molecule has 0 N–H and O–H groups in total. The van der Waals surface area contributed by atoms with Crippen LogP contribution in [0.3, 0.4) is 0 Å². The molecule has 2 aliphatic rings. The molecule has 1 aromatic carbocycles. The lowest BCUT2D eigenvalue weighted by molar-refractivity contribution is -0.140. The number of para-hydroxylation sites is 2. The van der Waals surface area contributed by atoms with Crippen molar-refractivity contribution >= 4 is 23.2 Å². The number of hydrogen-bond donors (Lipinski definition) is 0. The molecule has 0 atom stereocenters. The highest BCUT2D eigenvalue weighted by Crippen LogP contribution is 2.41. The van der Waals surface area contributed by atoms with Gasteiger partial charge < -0.3 is 9.80 Å². The fourth-order valence-corrected chi connectivity index (χ4v) is 3.99. The molecule has 0 saturated heterocycles. The van der Waals surface area contributed by atoms with Crippen molar-refractivity contribution in [2.24, 2.45) is 0 Å². The minimum atomic E-state index is -0.489. The summed E-state index contributed by atoms with van der Waals surface area (Å²) in [6.45, 7) is 9.76. The summed E-state index contributed by atoms with van der Waals surface area (Å²) in [5.74, 6) is 0.158. The van der Waals surface area contributed by atoms with Gasteiger partial charge in [0.2, 0.25) is 0 Å². The van der Waals surface area contributed by atoms with Crippen LogP contribution >= 0.6 is 0 Å². The van der Waals surface area contributed by atoms with Crippen LogP contribution in [-0.4, -0.2) is 36.3 Å². The number of rotatable bonds is 6. The molecule has 1 aromatic rings. The van der Waals surface area contributed by atoms with Crippen LogP contribution in [0.4, 0.5) is 11.4 Å². The first-order chi connectivity index (χ1) is 14.5. The van der Waals surface area contributed by atoms with Crippen LogP contribution in [0.25, 0.3) is 0 Å². The van der Waals surface area contributed by atoms with Crippen molar-refractivity contribution in [3.8, 4) is 6.07 Å². The van der Waals surface area contributed by atoms with Crippen molar-refractivity contribution in [2.75, 3.05) is 29.4 Å². The summed E-state index contributed by atoms with van der Waals surface area (Å²) in [5.41, 5.74) is 3.15. The molecule has 6 heteroatoms. The molecule has 2 amide bonds. The molecular formula is C24H28N4O2. The van der Waals surface area contributed by atoms with Gasteiger partial charge in [-0.1, -0.05) is 25.5 Å². The van der Waals surface area contributed by atoms with Gasteiger partial charge in [0.05, 0.1) is 11.4 Å². The highest BCUT2D eigenvalue weighted by Gasteiger charge is 2.35. The predicted molar refractivity (Wildman–Crippen MR) is 119 cm³/mol. The first-order valence-corrected chi connectivity index (χ1v) is 10.5. The fourth-order valence-electron chi connectivity index (χ4n) is 3.99. The predicted octanol–water partition coefficient (Wildman–Crippen LogP) is 4.13. The number of nitriles is 1. The van der Waals surface area contributed by atoms with Crippen molar-refractivity contribution < 1.29 is 9.59 Å². The van der Waals surface area contributed by atoms with Gasteiger partial charge >= 0.3 is 0 Å². The van der Waals surface area contributed by atoms with Crippen molar-refractivity contribution in [3.05, 3.63) is 59.0 Å². The molecule has 3 rings (SSSR count). The van der Waals surface area contributed by atoms with E-state index in [0.717, 1.165) is 36.7 Å². The average molecular weight is 405 g/mol. The monoisotopic (exact) mass is 404 g/mol. The molecule has 6 nitrogen and oxygen atoms in total. The Balaban J connectivity index is 2.07. The topological polar surface area (TPSA) is 67.7 Å². The number of carbonyl (C=O) groups is 2. The van der Waals surface area contributed by atoms with E-state index in [4.69, 9.17) is 0 Å². The van der Waals surface area contributed by atoms with Crippen LogP contribution in [0, 0.1) is 11.3 Å². The van der Waals surface area contributed by atoms with Crippen LogP contribution in [0.15, 0.2) is 59.0 Å². The number of anilines is 2. The quantitative estimate of drug-likeness (QED) is 0.527. The SMILES string of the molecule is CCCCN1C(=O)C(C#N)=C(C)/C(=C/C=C2N(CC)c3ccccc3N2CC)C1=O. The molecule has 0 unspecified atom stereocenters. The lowest BCUT2D eigenvalue weighted by atomic mass is 9.94. The third-order valence-electron chi connectivity index (χ3n) is 5.61. The minimum absolute atomic E-state index is 0.0461. The van der Waals surface area contributed by atoms with E-state index in [0.29, 0.717) is 24.1 Å². The van der Waals surface area contributed by atoms with Crippen LogP contribution in [-0.2, 0) is 9.59 Å². The van der Waals surface area contributed by atoms with Gasteiger partial charge in [0, 0.05) is 25.2 Å². The summed E-state index contributed by atoms with van der Waals surface area (Å²) in [7, 11) is 0. The van der Waals surface area contributed by atoms with E-state index in [1.54, 1.807) is 13.0 Å². The zero-order chi connectivity index (χ0) is 21.8. The Morgan fingerprint density at radius 3 is 2.03 bits per heavy atom. The molecule has 0 fully saturated rings. The number of fused-ring (bicyclic) bond motifs is 1. The van der Waals surface area contributed by atoms with E-state index in [1.807, 2.05) is 31.2 Å². The van der Waals surface area contributed by atoms with Gasteiger partial charge in [0.15, 0.2) is 0 Å². The molecule has 2 heterocycles. The maximum absolute atomic E-state index is 13.1. The molecule has 2 aliphatic heterocycles. The second-order valence-corrected chi connectivity index (χ2v) is 7.31.